The summed E-state index contributed by atoms with van der Waals surface area (Å²) in [6.45, 7) is 1.37. The van der Waals surface area contributed by atoms with Crippen molar-refractivity contribution in [3.8, 4) is 12.3 Å². The van der Waals surface area contributed by atoms with Crippen molar-refractivity contribution in [2.75, 3.05) is 4.43 Å². The molecule has 182 valence electrons. The van der Waals surface area contributed by atoms with Crippen LogP contribution >= 0.6 is 22.6 Å². The van der Waals surface area contributed by atoms with Crippen LogP contribution in [0.3, 0.4) is 0 Å². The van der Waals surface area contributed by atoms with Crippen LogP contribution in [0.15, 0.2) is 91.0 Å². The second-order valence-corrected chi connectivity index (χ2v) is 9.44. The number of alkyl halides is 1. The maximum Gasteiger partial charge on any atom is 0.115 e. The Labute approximate surface area is 222 Å². The summed E-state index contributed by atoms with van der Waals surface area (Å²) in [7, 11) is 0. The first-order valence-electron chi connectivity index (χ1n) is 11.9. The summed E-state index contributed by atoms with van der Waals surface area (Å²) < 4.78 is 26.8. The summed E-state index contributed by atoms with van der Waals surface area (Å²) in [5.41, 5.74) is 3.29. The molecule has 0 saturated carbocycles. The van der Waals surface area contributed by atoms with Gasteiger partial charge in [-0.15, -0.1) is 12.3 Å². The van der Waals surface area contributed by atoms with Gasteiger partial charge < -0.3 is 18.9 Å². The molecule has 5 heteroatoms. The Balaban J connectivity index is 1.58. The van der Waals surface area contributed by atoms with E-state index in [9.17, 15) is 0 Å². The third-order valence-corrected chi connectivity index (χ3v) is 6.93. The van der Waals surface area contributed by atoms with Crippen molar-refractivity contribution in [3.63, 3.8) is 0 Å². The van der Waals surface area contributed by atoms with Crippen molar-refractivity contribution in [1.82, 2.24) is 0 Å². The number of terminal acetylenes is 1. The molecule has 0 aromatic heterocycles. The van der Waals surface area contributed by atoms with E-state index in [0.29, 0.717) is 26.2 Å². The van der Waals surface area contributed by atoms with Gasteiger partial charge in [0.1, 0.15) is 18.3 Å². The highest BCUT2D eigenvalue weighted by atomic mass is 127. The van der Waals surface area contributed by atoms with Gasteiger partial charge in [0.2, 0.25) is 0 Å². The first-order chi connectivity index (χ1) is 17.3. The van der Waals surface area contributed by atoms with Crippen LogP contribution in [0, 0.1) is 12.3 Å². The van der Waals surface area contributed by atoms with Gasteiger partial charge in [-0.05, 0) is 16.7 Å². The van der Waals surface area contributed by atoms with Crippen LogP contribution in [0.5, 0.6) is 0 Å². The molecule has 1 aliphatic heterocycles. The average molecular weight is 582 g/mol. The smallest absolute Gasteiger partial charge is 0.115 e. The summed E-state index contributed by atoms with van der Waals surface area (Å²) in [5, 5.41) is 0. The third kappa shape index (κ3) is 7.39. The summed E-state index contributed by atoms with van der Waals surface area (Å²) >= 11 is 2.35. The highest BCUT2D eigenvalue weighted by Crippen LogP contribution is 2.32. The zero-order chi connectivity index (χ0) is 24.3. The Hall–Kier alpha value is -2.21. The lowest BCUT2D eigenvalue weighted by molar-refractivity contribution is -0.258. The van der Waals surface area contributed by atoms with Crippen molar-refractivity contribution in [1.29, 1.82) is 0 Å². The SMILES string of the molecule is C#CC[C@H]1O[C@@H](CI)[C@H](OCc2ccccc2)[C@@H](OCc2ccccc2)[C@@H]1OCc1ccccc1. The van der Waals surface area contributed by atoms with Crippen molar-refractivity contribution in [2.45, 2.75) is 56.8 Å². The molecule has 0 amide bonds. The fraction of sp³-hybridized carbons (Fsp3) is 0.333. The standard InChI is InChI=1S/C30H31IO4/c1-2-12-26-28(32-20-23-13-6-3-7-14-23)30(34-22-25-17-10-5-11-18-25)29(27(19-31)35-26)33-21-24-15-8-4-9-16-24/h1,3-11,13-18,26-30H,12,19-22H2/t26-,27+,28-,29+,30+/m1/s1. The topological polar surface area (TPSA) is 36.9 Å². The lowest BCUT2D eigenvalue weighted by Gasteiger charge is -2.45. The maximum atomic E-state index is 6.58. The molecule has 0 bridgehead atoms. The van der Waals surface area contributed by atoms with Crippen LogP contribution in [-0.4, -0.2) is 34.9 Å². The molecule has 4 rings (SSSR count). The third-order valence-electron chi connectivity index (χ3n) is 6.06. The van der Waals surface area contributed by atoms with Crippen LogP contribution in [0.1, 0.15) is 23.1 Å². The molecule has 0 spiro atoms. The second kappa shape index (κ2) is 13.8. The predicted octanol–water partition coefficient (Wildman–Crippen LogP) is 5.97. The Morgan fingerprint density at radius 1 is 0.629 bits per heavy atom. The molecule has 3 aromatic rings. The Morgan fingerprint density at radius 2 is 1.03 bits per heavy atom. The van der Waals surface area contributed by atoms with Gasteiger partial charge in [0.25, 0.3) is 0 Å². The monoisotopic (exact) mass is 582 g/mol. The zero-order valence-electron chi connectivity index (χ0n) is 19.7. The predicted molar refractivity (Wildman–Crippen MR) is 146 cm³/mol. The fourth-order valence-corrected chi connectivity index (χ4v) is 5.00. The number of hydrogen-bond acceptors (Lipinski definition) is 4. The lowest BCUT2D eigenvalue weighted by Crippen LogP contribution is -2.60. The minimum atomic E-state index is -0.366. The Kier molecular flexibility index (Phi) is 10.2. The molecular weight excluding hydrogens is 551 g/mol. The molecule has 0 radical (unpaired) electrons. The number of rotatable bonds is 11. The number of ether oxygens (including phenoxy) is 4. The summed E-state index contributed by atoms with van der Waals surface area (Å²) in [5.74, 6) is 2.77. The first-order valence-corrected chi connectivity index (χ1v) is 13.4. The molecule has 0 unspecified atom stereocenters. The van der Waals surface area contributed by atoms with Gasteiger partial charge in [-0.3, -0.25) is 0 Å². The van der Waals surface area contributed by atoms with Crippen LogP contribution in [0.4, 0.5) is 0 Å². The van der Waals surface area contributed by atoms with Gasteiger partial charge in [0.15, 0.2) is 0 Å². The van der Waals surface area contributed by atoms with Crippen LogP contribution in [0.25, 0.3) is 0 Å². The molecule has 1 aliphatic rings. The van der Waals surface area contributed by atoms with Crippen molar-refractivity contribution < 1.29 is 18.9 Å². The Bertz CT molecular complexity index is 1040. The van der Waals surface area contributed by atoms with Gasteiger partial charge in [0.05, 0.1) is 32.0 Å². The van der Waals surface area contributed by atoms with E-state index in [2.05, 4.69) is 64.9 Å². The van der Waals surface area contributed by atoms with E-state index >= 15 is 0 Å². The summed E-state index contributed by atoms with van der Waals surface area (Å²) in [4.78, 5) is 0. The zero-order valence-corrected chi connectivity index (χ0v) is 21.8. The van der Waals surface area contributed by atoms with E-state index in [1.807, 2.05) is 54.6 Å². The van der Waals surface area contributed by atoms with Crippen molar-refractivity contribution >= 4 is 22.6 Å². The van der Waals surface area contributed by atoms with E-state index in [-0.39, 0.29) is 30.5 Å². The Morgan fingerprint density at radius 3 is 1.43 bits per heavy atom. The summed E-state index contributed by atoms with van der Waals surface area (Å²) in [6, 6.07) is 30.5. The lowest BCUT2D eigenvalue weighted by atomic mass is 9.93. The van der Waals surface area contributed by atoms with E-state index < -0.39 is 0 Å². The van der Waals surface area contributed by atoms with Crippen LogP contribution in [0.2, 0.25) is 0 Å². The number of halogens is 1. The van der Waals surface area contributed by atoms with E-state index in [1.165, 1.54) is 0 Å². The molecule has 0 N–H and O–H groups in total. The van der Waals surface area contributed by atoms with Gasteiger partial charge in [0, 0.05) is 10.8 Å². The van der Waals surface area contributed by atoms with E-state index in [4.69, 9.17) is 25.4 Å². The quantitative estimate of drug-likeness (QED) is 0.159. The molecule has 0 aliphatic carbocycles. The molecule has 1 saturated heterocycles. The molecule has 35 heavy (non-hydrogen) atoms. The maximum absolute atomic E-state index is 6.58. The number of hydrogen-bond donors (Lipinski definition) is 0. The van der Waals surface area contributed by atoms with Gasteiger partial charge in [-0.25, -0.2) is 0 Å². The normalized spacial score (nSPS) is 24.1. The van der Waals surface area contributed by atoms with Crippen molar-refractivity contribution in [3.05, 3.63) is 108 Å². The molecule has 4 nitrogen and oxygen atoms in total. The molecule has 3 aromatic carbocycles. The first kappa shape index (κ1) is 25.9. The summed E-state index contributed by atoms with van der Waals surface area (Å²) in [6.07, 6.45) is 4.74. The van der Waals surface area contributed by atoms with Crippen LogP contribution in [-0.2, 0) is 38.8 Å². The highest BCUT2D eigenvalue weighted by Gasteiger charge is 2.47. The average Bonchev–Trinajstić information content (AvgIpc) is 2.92. The molecule has 5 atom stereocenters. The highest BCUT2D eigenvalue weighted by molar-refractivity contribution is 14.1. The van der Waals surface area contributed by atoms with Gasteiger partial charge >= 0.3 is 0 Å². The van der Waals surface area contributed by atoms with E-state index in [0.717, 1.165) is 21.1 Å². The van der Waals surface area contributed by atoms with Crippen LogP contribution < -0.4 is 0 Å². The van der Waals surface area contributed by atoms with E-state index in [1.54, 1.807) is 0 Å². The second-order valence-electron chi connectivity index (χ2n) is 8.56. The fourth-order valence-electron chi connectivity index (χ4n) is 4.29. The molecule has 1 heterocycles. The van der Waals surface area contributed by atoms with Crippen molar-refractivity contribution in [2.24, 2.45) is 0 Å². The number of benzene rings is 3. The minimum absolute atomic E-state index is 0.157. The van der Waals surface area contributed by atoms with Gasteiger partial charge in [-0.1, -0.05) is 114 Å². The molecular formula is C30H31IO4. The minimum Gasteiger partial charge on any atom is -0.368 e. The molecule has 1 fully saturated rings. The largest absolute Gasteiger partial charge is 0.368 e. The van der Waals surface area contributed by atoms with Gasteiger partial charge in [-0.2, -0.15) is 0 Å².